The van der Waals surface area contributed by atoms with Gasteiger partial charge in [0.05, 0.1) is 11.5 Å². The van der Waals surface area contributed by atoms with Crippen LogP contribution >= 0.6 is 11.8 Å². The van der Waals surface area contributed by atoms with Gasteiger partial charge in [-0.25, -0.2) is 0 Å². The number of fused-ring (bicyclic) bond motifs is 1. The number of hydrogen-bond donors (Lipinski definition) is 2. The predicted octanol–water partition coefficient (Wildman–Crippen LogP) is 2.69. The summed E-state index contributed by atoms with van der Waals surface area (Å²) in [6, 6.07) is 8.10. The highest BCUT2D eigenvalue weighted by Gasteiger charge is 2.33. The number of thioether (sulfide) groups is 1. The van der Waals surface area contributed by atoms with E-state index >= 15 is 0 Å². The van der Waals surface area contributed by atoms with Gasteiger partial charge >= 0.3 is 0 Å². The van der Waals surface area contributed by atoms with Crippen LogP contribution in [-0.2, 0) is 4.79 Å². The van der Waals surface area contributed by atoms with Gasteiger partial charge in [-0.2, -0.15) is 0 Å². The Morgan fingerprint density at radius 1 is 1.30 bits per heavy atom. The molecule has 2 aliphatic rings. The third kappa shape index (κ3) is 2.86. The molecule has 1 aromatic rings. The minimum atomic E-state index is -0.681. The van der Waals surface area contributed by atoms with Crippen LogP contribution in [0, 0.1) is 0 Å². The molecule has 20 heavy (non-hydrogen) atoms. The summed E-state index contributed by atoms with van der Waals surface area (Å²) in [5.41, 5.74) is 0.449. The molecule has 1 aliphatic carbocycles. The molecule has 1 amide bonds. The number of rotatable bonds is 3. The van der Waals surface area contributed by atoms with Crippen molar-refractivity contribution < 1.29 is 9.90 Å². The van der Waals surface area contributed by atoms with Crippen LogP contribution in [0.4, 0.5) is 0 Å². The summed E-state index contributed by atoms with van der Waals surface area (Å²) in [6.45, 7) is 0.398. The van der Waals surface area contributed by atoms with Crippen LogP contribution in [0.3, 0.4) is 0 Å². The second-order valence-corrected chi connectivity index (χ2v) is 6.97. The third-order valence-electron chi connectivity index (χ3n) is 4.39. The summed E-state index contributed by atoms with van der Waals surface area (Å²) in [5.74, 6) is 0.800. The molecule has 4 heteroatoms. The Bertz CT molecular complexity index is 497. The Morgan fingerprint density at radius 3 is 2.85 bits per heavy atom. The third-order valence-corrected chi connectivity index (χ3v) is 5.58. The second-order valence-electron chi connectivity index (χ2n) is 5.90. The molecule has 3 rings (SSSR count). The molecule has 108 valence electrons. The van der Waals surface area contributed by atoms with E-state index in [1.807, 2.05) is 18.2 Å². The van der Waals surface area contributed by atoms with Gasteiger partial charge in [0.15, 0.2) is 0 Å². The Morgan fingerprint density at radius 2 is 2.05 bits per heavy atom. The normalized spacial score (nSPS) is 24.1. The lowest BCUT2D eigenvalue weighted by atomic mass is 9.85. The van der Waals surface area contributed by atoms with Crippen LogP contribution in [0.2, 0.25) is 0 Å². The lowest BCUT2D eigenvalue weighted by molar-refractivity contribution is -0.123. The maximum atomic E-state index is 12.4. The van der Waals surface area contributed by atoms with Gasteiger partial charge in [0, 0.05) is 17.2 Å². The fraction of sp³-hybridized carbons (Fsp3) is 0.562. The first kappa shape index (κ1) is 14.0. The van der Waals surface area contributed by atoms with Gasteiger partial charge in [0.25, 0.3) is 0 Å². The number of aliphatic hydroxyl groups is 1. The SMILES string of the molecule is O=C(NCC1(O)CCCCC1)C1CSc2ccccc21. The van der Waals surface area contributed by atoms with Gasteiger partial charge < -0.3 is 10.4 Å². The monoisotopic (exact) mass is 291 g/mol. The van der Waals surface area contributed by atoms with Crippen LogP contribution in [0.25, 0.3) is 0 Å². The lowest BCUT2D eigenvalue weighted by Crippen LogP contribution is -2.45. The van der Waals surface area contributed by atoms with E-state index in [-0.39, 0.29) is 11.8 Å². The largest absolute Gasteiger partial charge is 0.388 e. The highest BCUT2D eigenvalue weighted by atomic mass is 32.2. The number of benzene rings is 1. The number of amides is 1. The van der Waals surface area contributed by atoms with Crippen molar-refractivity contribution in [2.75, 3.05) is 12.3 Å². The van der Waals surface area contributed by atoms with Crippen molar-refractivity contribution in [3.8, 4) is 0 Å². The summed E-state index contributed by atoms with van der Waals surface area (Å²) < 4.78 is 0. The summed E-state index contributed by atoms with van der Waals surface area (Å²) >= 11 is 1.74. The van der Waals surface area contributed by atoms with Crippen molar-refractivity contribution in [1.82, 2.24) is 5.32 Å². The number of hydrogen-bond acceptors (Lipinski definition) is 3. The van der Waals surface area contributed by atoms with Crippen molar-refractivity contribution in [1.29, 1.82) is 0 Å². The van der Waals surface area contributed by atoms with Crippen molar-refractivity contribution >= 4 is 17.7 Å². The summed E-state index contributed by atoms with van der Waals surface area (Å²) in [4.78, 5) is 13.6. The van der Waals surface area contributed by atoms with E-state index in [9.17, 15) is 9.90 Å². The maximum absolute atomic E-state index is 12.4. The molecule has 1 heterocycles. The fourth-order valence-electron chi connectivity index (χ4n) is 3.14. The predicted molar refractivity (Wildman–Crippen MR) is 81.0 cm³/mol. The van der Waals surface area contributed by atoms with Crippen molar-refractivity contribution in [2.45, 2.75) is 48.5 Å². The molecular formula is C16H21NO2S. The molecule has 1 unspecified atom stereocenters. The van der Waals surface area contributed by atoms with E-state index in [1.165, 1.54) is 11.3 Å². The lowest BCUT2D eigenvalue weighted by Gasteiger charge is -2.32. The summed E-state index contributed by atoms with van der Waals surface area (Å²) in [7, 11) is 0. The standard InChI is InChI=1S/C16H21NO2S/c18-15(17-11-16(19)8-4-1-5-9-16)13-10-20-14-7-3-2-6-12(13)14/h2-3,6-7,13,19H,1,4-5,8-11H2,(H,17,18). The zero-order valence-electron chi connectivity index (χ0n) is 11.6. The number of nitrogens with one attached hydrogen (secondary N) is 1. The van der Waals surface area contributed by atoms with Crippen molar-refractivity contribution in [3.05, 3.63) is 29.8 Å². The first-order chi connectivity index (χ1) is 9.68. The maximum Gasteiger partial charge on any atom is 0.228 e. The van der Waals surface area contributed by atoms with Crippen LogP contribution < -0.4 is 5.32 Å². The van der Waals surface area contributed by atoms with Crippen LogP contribution in [0.5, 0.6) is 0 Å². The number of carbonyl (C=O) groups is 1. The highest BCUT2D eigenvalue weighted by Crippen LogP contribution is 2.39. The van der Waals surface area contributed by atoms with Gasteiger partial charge in [-0.1, -0.05) is 37.5 Å². The Balaban J connectivity index is 1.60. The minimum absolute atomic E-state index is 0.0569. The zero-order chi connectivity index (χ0) is 14.0. The van der Waals surface area contributed by atoms with E-state index in [4.69, 9.17) is 0 Å². The first-order valence-electron chi connectivity index (χ1n) is 7.40. The molecule has 0 bridgehead atoms. The van der Waals surface area contributed by atoms with E-state index in [0.717, 1.165) is 37.0 Å². The molecule has 1 fully saturated rings. The summed E-state index contributed by atoms with van der Waals surface area (Å²) in [6.07, 6.45) is 4.94. The second kappa shape index (κ2) is 5.78. The van der Waals surface area contributed by atoms with Crippen LogP contribution in [-0.4, -0.2) is 28.9 Å². The van der Waals surface area contributed by atoms with E-state index in [1.54, 1.807) is 11.8 Å². The Labute approximate surface area is 124 Å². The minimum Gasteiger partial charge on any atom is -0.388 e. The fourth-order valence-corrected chi connectivity index (χ4v) is 4.37. The van der Waals surface area contributed by atoms with E-state index < -0.39 is 5.60 Å². The van der Waals surface area contributed by atoms with Crippen LogP contribution in [0.15, 0.2) is 29.2 Å². The molecular weight excluding hydrogens is 270 g/mol. The average molecular weight is 291 g/mol. The molecule has 0 saturated heterocycles. The molecule has 0 spiro atoms. The first-order valence-corrected chi connectivity index (χ1v) is 8.38. The van der Waals surface area contributed by atoms with E-state index in [0.29, 0.717) is 6.54 Å². The zero-order valence-corrected chi connectivity index (χ0v) is 12.4. The molecule has 0 aromatic heterocycles. The number of carbonyl (C=O) groups excluding carboxylic acids is 1. The topological polar surface area (TPSA) is 49.3 Å². The molecule has 1 aliphatic heterocycles. The van der Waals surface area contributed by atoms with Gasteiger partial charge in [0.2, 0.25) is 5.91 Å². The Kier molecular flexibility index (Phi) is 4.03. The molecule has 1 aromatic carbocycles. The van der Waals surface area contributed by atoms with Crippen LogP contribution in [0.1, 0.15) is 43.6 Å². The summed E-state index contributed by atoms with van der Waals surface area (Å²) in [5, 5.41) is 13.4. The molecule has 1 atom stereocenters. The van der Waals surface area contributed by atoms with E-state index in [2.05, 4.69) is 11.4 Å². The Hall–Kier alpha value is -1.00. The molecule has 1 saturated carbocycles. The van der Waals surface area contributed by atoms with Gasteiger partial charge in [-0.05, 0) is 24.5 Å². The average Bonchev–Trinajstić information content (AvgIpc) is 2.90. The highest BCUT2D eigenvalue weighted by molar-refractivity contribution is 7.99. The smallest absolute Gasteiger partial charge is 0.228 e. The quantitative estimate of drug-likeness (QED) is 0.900. The molecule has 2 N–H and O–H groups in total. The van der Waals surface area contributed by atoms with Gasteiger partial charge in [-0.3, -0.25) is 4.79 Å². The van der Waals surface area contributed by atoms with Gasteiger partial charge in [-0.15, -0.1) is 11.8 Å². The molecule has 0 radical (unpaired) electrons. The van der Waals surface area contributed by atoms with Crippen molar-refractivity contribution in [2.24, 2.45) is 0 Å². The molecule has 3 nitrogen and oxygen atoms in total. The van der Waals surface area contributed by atoms with Gasteiger partial charge in [0.1, 0.15) is 0 Å². The van der Waals surface area contributed by atoms with Crippen molar-refractivity contribution in [3.63, 3.8) is 0 Å².